The largest absolute Gasteiger partial charge is 0.349 e. The van der Waals surface area contributed by atoms with Gasteiger partial charge in [-0.25, -0.2) is 0 Å². The monoisotopic (exact) mass is 337 g/mol. The number of amides is 2. The van der Waals surface area contributed by atoms with Gasteiger partial charge in [0.25, 0.3) is 5.91 Å². The summed E-state index contributed by atoms with van der Waals surface area (Å²) in [6, 6.07) is 6.99. The molecule has 5 nitrogen and oxygen atoms in total. The van der Waals surface area contributed by atoms with E-state index in [9.17, 15) is 9.59 Å². The van der Waals surface area contributed by atoms with Crippen LogP contribution in [0.25, 0.3) is 0 Å². The van der Waals surface area contributed by atoms with Crippen LogP contribution in [0.15, 0.2) is 36.9 Å². The lowest BCUT2D eigenvalue weighted by atomic mass is 9.85. The van der Waals surface area contributed by atoms with Gasteiger partial charge in [-0.2, -0.15) is 0 Å². The summed E-state index contributed by atoms with van der Waals surface area (Å²) in [6.45, 7) is 3.98. The second-order valence-electron chi connectivity index (χ2n) is 5.69. The fourth-order valence-electron chi connectivity index (χ4n) is 2.68. The van der Waals surface area contributed by atoms with Crippen LogP contribution in [-0.2, 0) is 4.79 Å². The second kappa shape index (κ2) is 9.33. The predicted octanol–water partition coefficient (Wildman–Crippen LogP) is 2.48. The number of carbonyl (C=O) groups is 2. The summed E-state index contributed by atoms with van der Waals surface area (Å²) in [7, 11) is 0. The van der Waals surface area contributed by atoms with E-state index in [1.54, 1.807) is 30.3 Å². The molecule has 1 aliphatic rings. The van der Waals surface area contributed by atoms with Gasteiger partial charge in [0.05, 0.1) is 0 Å². The van der Waals surface area contributed by atoms with Gasteiger partial charge in [-0.05, 0) is 43.5 Å². The van der Waals surface area contributed by atoms with Crippen LogP contribution in [0, 0.1) is 5.92 Å². The number of hydrogen-bond donors (Lipinski definition) is 3. The molecule has 126 valence electrons. The van der Waals surface area contributed by atoms with E-state index in [0.29, 0.717) is 17.8 Å². The minimum Gasteiger partial charge on any atom is -0.349 e. The molecule has 6 heteroatoms. The number of nitrogens with one attached hydrogen (secondary N) is 2. The summed E-state index contributed by atoms with van der Waals surface area (Å²) in [4.78, 5) is 24.0. The molecule has 0 spiro atoms. The highest BCUT2D eigenvalue weighted by molar-refractivity contribution is 5.96. The number of anilines is 1. The molecule has 0 heterocycles. The first kappa shape index (κ1) is 19.2. The number of carbonyl (C=O) groups excluding carboxylic acids is 2. The zero-order valence-corrected chi connectivity index (χ0v) is 13.9. The summed E-state index contributed by atoms with van der Waals surface area (Å²) in [6.07, 6.45) is 5.26. The lowest BCUT2D eigenvalue weighted by Gasteiger charge is -2.25. The fraction of sp³-hybridized carbons (Fsp3) is 0.412. The van der Waals surface area contributed by atoms with E-state index in [1.165, 1.54) is 0 Å². The van der Waals surface area contributed by atoms with Crippen LogP contribution < -0.4 is 16.4 Å². The summed E-state index contributed by atoms with van der Waals surface area (Å²) < 4.78 is 0. The van der Waals surface area contributed by atoms with Crippen molar-refractivity contribution < 1.29 is 9.59 Å². The standard InChI is InChI=1S/C17H23N3O2.ClH/c1-2-10-19-16(21)12-6-8-15(9-7-12)20-17(22)13-4-3-5-14(18)11-13;/h2,6-9,13-14H,1,3-5,10-11,18H2,(H,19,21)(H,20,22);1H. The highest BCUT2D eigenvalue weighted by Crippen LogP contribution is 2.24. The van der Waals surface area contributed by atoms with E-state index >= 15 is 0 Å². The molecule has 0 radical (unpaired) electrons. The SMILES string of the molecule is C=CCNC(=O)c1ccc(NC(=O)C2CCCC(N)C2)cc1.Cl. The third kappa shape index (κ3) is 5.69. The van der Waals surface area contributed by atoms with Crippen LogP contribution in [0.1, 0.15) is 36.0 Å². The zero-order chi connectivity index (χ0) is 15.9. The first-order chi connectivity index (χ1) is 10.6. The average molecular weight is 338 g/mol. The number of hydrogen-bond acceptors (Lipinski definition) is 3. The van der Waals surface area contributed by atoms with Crippen molar-refractivity contribution in [3.8, 4) is 0 Å². The van der Waals surface area contributed by atoms with Crippen LogP contribution >= 0.6 is 12.4 Å². The Balaban J connectivity index is 0.00000264. The van der Waals surface area contributed by atoms with E-state index in [2.05, 4.69) is 17.2 Å². The molecule has 1 saturated carbocycles. The van der Waals surface area contributed by atoms with Gasteiger partial charge < -0.3 is 16.4 Å². The first-order valence-electron chi connectivity index (χ1n) is 7.65. The van der Waals surface area contributed by atoms with E-state index in [1.807, 2.05) is 0 Å². The minimum absolute atomic E-state index is 0. The van der Waals surface area contributed by atoms with Crippen LogP contribution in [0.3, 0.4) is 0 Å². The Morgan fingerprint density at radius 2 is 1.96 bits per heavy atom. The van der Waals surface area contributed by atoms with Gasteiger partial charge in [0.2, 0.25) is 5.91 Å². The van der Waals surface area contributed by atoms with Crippen molar-refractivity contribution in [2.24, 2.45) is 11.7 Å². The van der Waals surface area contributed by atoms with Gasteiger partial charge in [0, 0.05) is 29.8 Å². The Kier molecular flexibility index (Phi) is 7.78. The molecule has 0 aromatic heterocycles. The third-order valence-corrected chi connectivity index (χ3v) is 3.91. The Hall–Kier alpha value is -1.85. The zero-order valence-electron chi connectivity index (χ0n) is 13.1. The van der Waals surface area contributed by atoms with Gasteiger partial charge in [0.1, 0.15) is 0 Å². The third-order valence-electron chi connectivity index (χ3n) is 3.91. The number of halogens is 1. The molecule has 2 rings (SSSR count). The first-order valence-corrected chi connectivity index (χ1v) is 7.65. The van der Waals surface area contributed by atoms with Crippen molar-refractivity contribution in [2.45, 2.75) is 31.7 Å². The summed E-state index contributed by atoms with van der Waals surface area (Å²) in [5, 5.41) is 5.61. The van der Waals surface area contributed by atoms with Crippen LogP contribution in [0.5, 0.6) is 0 Å². The maximum absolute atomic E-state index is 12.2. The Bertz CT molecular complexity index is 545. The predicted molar refractivity (Wildman–Crippen MR) is 94.8 cm³/mol. The van der Waals surface area contributed by atoms with E-state index in [4.69, 9.17) is 5.73 Å². The lowest BCUT2D eigenvalue weighted by Crippen LogP contribution is -2.34. The Labute approximate surface area is 143 Å². The van der Waals surface area contributed by atoms with E-state index < -0.39 is 0 Å². The quantitative estimate of drug-likeness (QED) is 0.722. The van der Waals surface area contributed by atoms with Gasteiger partial charge in [-0.1, -0.05) is 12.5 Å². The molecule has 1 fully saturated rings. The molecule has 2 amide bonds. The fourth-order valence-corrected chi connectivity index (χ4v) is 2.68. The van der Waals surface area contributed by atoms with Crippen LogP contribution in [-0.4, -0.2) is 24.4 Å². The molecule has 0 bridgehead atoms. The number of nitrogens with two attached hydrogens (primary N) is 1. The highest BCUT2D eigenvalue weighted by atomic mass is 35.5. The second-order valence-corrected chi connectivity index (χ2v) is 5.69. The summed E-state index contributed by atoms with van der Waals surface area (Å²) in [5.74, 6) is -0.158. The van der Waals surface area contributed by atoms with Crippen molar-refractivity contribution in [2.75, 3.05) is 11.9 Å². The molecular formula is C17H24ClN3O2. The van der Waals surface area contributed by atoms with Gasteiger partial charge >= 0.3 is 0 Å². The normalized spacial score (nSPS) is 20.0. The molecule has 2 atom stereocenters. The van der Waals surface area contributed by atoms with Gasteiger partial charge in [0.15, 0.2) is 0 Å². The van der Waals surface area contributed by atoms with Crippen molar-refractivity contribution in [1.29, 1.82) is 0 Å². The van der Waals surface area contributed by atoms with Crippen LogP contribution in [0.4, 0.5) is 5.69 Å². The average Bonchev–Trinajstić information content (AvgIpc) is 2.53. The molecule has 4 N–H and O–H groups in total. The molecule has 1 aromatic rings. The summed E-state index contributed by atoms with van der Waals surface area (Å²) >= 11 is 0. The lowest BCUT2D eigenvalue weighted by molar-refractivity contribution is -0.120. The molecule has 0 aliphatic heterocycles. The van der Waals surface area contributed by atoms with Crippen molar-refractivity contribution in [1.82, 2.24) is 5.32 Å². The smallest absolute Gasteiger partial charge is 0.251 e. The molecule has 0 saturated heterocycles. The van der Waals surface area contributed by atoms with Crippen molar-refractivity contribution in [3.63, 3.8) is 0 Å². The van der Waals surface area contributed by atoms with Crippen molar-refractivity contribution in [3.05, 3.63) is 42.5 Å². The maximum atomic E-state index is 12.2. The maximum Gasteiger partial charge on any atom is 0.251 e. The topological polar surface area (TPSA) is 84.2 Å². The van der Waals surface area contributed by atoms with E-state index in [0.717, 1.165) is 25.7 Å². The Morgan fingerprint density at radius 1 is 1.26 bits per heavy atom. The highest BCUT2D eigenvalue weighted by Gasteiger charge is 2.25. The molecule has 23 heavy (non-hydrogen) atoms. The number of rotatable bonds is 5. The molecule has 1 aliphatic carbocycles. The minimum atomic E-state index is -0.156. The van der Waals surface area contributed by atoms with Crippen molar-refractivity contribution >= 4 is 29.9 Å². The Morgan fingerprint density at radius 3 is 2.57 bits per heavy atom. The van der Waals surface area contributed by atoms with Gasteiger partial charge in [-0.3, -0.25) is 9.59 Å². The van der Waals surface area contributed by atoms with Gasteiger partial charge in [-0.15, -0.1) is 19.0 Å². The van der Waals surface area contributed by atoms with E-state index in [-0.39, 0.29) is 36.2 Å². The molecule has 1 aromatic carbocycles. The number of benzene rings is 1. The summed E-state index contributed by atoms with van der Waals surface area (Å²) in [5.41, 5.74) is 7.17. The molecular weight excluding hydrogens is 314 g/mol. The molecule has 2 unspecified atom stereocenters. The van der Waals surface area contributed by atoms with Crippen LogP contribution in [0.2, 0.25) is 0 Å².